The van der Waals surface area contributed by atoms with E-state index in [4.69, 9.17) is 9.47 Å². The minimum absolute atomic E-state index is 0.0678. The number of ether oxygens (including phenoxy) is 2. The van der Waals surface area contributed by atoms with Crippen LogP contribution in [0.3, 0.4) is 0 Å². The Labute approximate surface area is 381 Å². The molecule has 12 rings (SSSR count). The van der Waals surface area contributed by atoms with Gasteiger partial charge in [-0.2, -0.15) is 0 Å². The van der Waals surface area contributed by atoms with E-state index in [9.17, 15) is 0 Å². The van der Waals surface area contributed by atoms with Crippen LogP contribution in [0.5, 0.6) is 23.0 Å². The molecular formula is C59H46BN3O2. The molecule has 3 aliphatic rings. The lowest BCUT2D eigenvalue weighted by atomic mass is 9.34. The van der Waals surface area contributed by atoms with Crippen molar-refractivity contribution >= 4 is 74.3 Å². The molecule has 0 amide bonds. The number of anilines is 9. The molecule has 3 heterocycles. The van der Waals surface area contributed by atoms with Gasteiger partial charge >= 0.3 is 0 Å². The Morgan fingerprint density at radius 2 is 0.954 bits per heavy atom. The van der Waals surface area contributed by atoms with Crippen molar-refractivity contribution < 1.29 is 9.47 Å². The molecule has 312 valence electrons. The molecule has 0 aromatic heterocycles. The van der Waals surface area contributed by atoms with Crippen LogP contribution in [0.4, 0.5) is 51.2 Å². The molecule has 65 heavy (non-hydrogen) atoms. The molecule has 5 nitrogen and oxygen atoms in total. The van der Waals surface area contributed by atoms with Gasteiger partial charge in [0.1, 0.15) is 23.0 Å². The van der Waals surface area contributed by atoms with Gasteiger partial charge in [0.2, 0.25) is 0 Å². The lowest BCUT2D eigenvalue weighted by Gasteiger charge is -2.41. The van der Waals surface area contributed by atoms with Gasteiger partial charge in [0, 0.05) is 73.8 Å². The van der Waals surface area contributed by atoms with Crippen molar-refractivity contribution in [3.8, 4) is 23.0 Å². The van der Waals surface area contributed by atoms with Crippen LogP contribution in [-0.2, 0) is 5.41 Å². The minimum atomic E-state index is -0.267. The van der Waals surface area contributed by atoms with Crippen LogP contribution >= 0.6 is 0 Å². The van der Waals surface area contributed by atoms with E-state index in [1.54, 1.807) is 0 Å². The number of fused-ring (bicyclic) bond motifs is 6. The molecule has 3 aliphatic heterocycles. The molecule has 0 radical (unpaired) electrons. The molecule has 0 spiro atoms. The summed E-state index contributed by atoms with van der Waals surface area (Å²) in [5.41, 5.74) is 17.8. The Hall–Kier alpha value is -7.96. The van der Waals surface area contributed by atoms with E-state index in [0.29, 0.717) is 0 Å². The number of hydrogen-bond donors (Lipinski definition) is 0. The number of nitrogens with zero attached hydrogens (tertiary/aromatic N) is 3. The number of hydrogen-bond acceptors (Lipinski definition) is 5. The molecule has 0 saturated heterocycles. The van der Waals surface area contributed by atoms with Crippen LogP contribution in [0.2, 0.25) is 0 Å². The summed E-state index contributed by atoms with van der Waals surface area (Å²) in [6, 6.07) is 74.0. The van der Waals surface area contributed by atoms with Crippen molar-refractivity contribution in [3.63, 3.8) is 0 Å². The Bertz CT molecular complexity index is 3260. The number of aryl methyl sites for hydroxylation is 2. The van der Waals surface area contributed by atoms with E-state index in [2.05, 4.69) is 243 Å². The topological polar surface area (TPSA) is 28.2 Å². The first-order valence-electron chi connectivity index (χ1n) is 22.5. The van der Waals surface area contributed by atoms with Gasteiger partial charge in [0.15, 0.2) is 0 Å². The maximum Gasteiger partial charge on any atom is 0.256 e. The van der Waals surface area contributed by atoms with Gasteiger partial charge in [0.25, 0.3) is 6.71 Å². The van der Waals surface area contributed by atoms with Gasteiger partial charge in [-0.25, -0.2) is 0 Å². The summed E-state index contributed by atoms with van der Waals surface area (Å²) in [5, 5.41) is 0. The molecule has 0 saturated carbocycles. The first kappa shape index (κ1) is 38.7. The smallest absolute Gasteiger partial charge is 0.256 e. The Morgan fingerprint density at radius 3 is 1.69 bits per heavy atom. The fourth-order valence-electron chi connectivity index (χ4n) is 10.3. The highest BCUT2D eigenvalue weighted by Crippen LogP contribution is 2.51. The van der Waals surface area contributed by atoms with Crippen molar-refractivity contribution in [1.29, 1.82) is 0 Å². The van der Waals surface area contributed by atoms with Crippen LogP contribution in [0, 0.1) is 13.8 Å². The SMILES string of the molecule is Cc1ccc(N(c2ccc3c(c2)Oc2cccc4c2B3c2ccc(N(c3ccccc3)c3ccccc3)cc2N4c2ccccc2)c2ccc3c(c2)C(C)(C)c2ccccc2O3)cc1C. The molecule has 9 aromatic rings. The van der Waals surface area contributed by atoms with E-state index in [0.717, 1.165) is 85.2 Å². The minimum Gasteiger partial charge on any atom is -0.458 e. The first-order chi connectivity index (χ1) is 31.8. The zero-order valence-electron chi connectivity index (χ0n) is 36.9. The van der Waals surface area contributed by atoms with Crippen molar-refractivity contribution in [2.24, 2.45) is 0 Å². The molecule has 0 atom stereocenters. The second kappa shape index (κ2) is 15.1. The van der Waals surface area contributed by atoms with E-state index in [1.165, 1.54) is 27.6 Å². The molecule has 9 aromatic carbocycles. The average molecular weight is 840 g/mol. The van der Waals surface area contributed by atoms with Gasteiger partial charge in [0.05, 0.1) is 0 Å². The molecule has 0 N–H and O–H groups in total. The molecule has 0 aliphatic carbocycles. The summed E-state index contributed by atoms with van der Waals surface area (Å²) in [5.74, 6) is 3.51. The highest BCUT2D eigenvalue weighted by Gasteiger charge is 2.42. The van der Waals surface area contributed by atoms with Gasteiger partial charge in [-0.1, -0.05) is 111 Å². The maximum absolute atomic E-state index is 7.09. The summed E-state index contributed by atoms with van der Waals surface area (Å²) < 4.78 is 13.6. The van der Waals surface area contributed by atoms with Gasteiger partial charge in [-0.15, -0.1) is 0 Å². The Morgan fingerprint density at radius 1 is 0.400 bits per heavy atom. The van der Waals surface area contributed by atoms with Crippen molar-refractivity contribution in [1.82, 2.24) is 0 Å². The molecule has 0 unspecified atom stereocenters. The maximum atomic E-state index is 7.09. The fraction of sp³-hybridized carbons (Fsp3) is 0.0847. The van der Waals surface area contributed by atoms with E-state index in [1.807, 2.05) is 6.07 Å². The van der Waals surface area contributed by atoms with Crippen molar-refractivity contribution in [3.05, 3.63) is 229 Å². The molecule has 6 heteroatoms. The predicted molar refractivity (Wildman–Crippen MR) is 270 cm³/mol. The van der Waals surface area contributed by atoms with E-state index in [-0.39, 0.29) is 12.1 Å². The van der Waals surface area contributed by atoms with Gasteiger partial charge in [-0.05, 0) is 144 Å². The Kier molecular flexibility index (Phi) is 8.99. The number of rotatable bonds is 7. The zero-order chi connectivity index (χ0) is 43.8. The second-order valence-electron chi connectivity index (χ2n) is 17.9. The van der Waals surface area contributed by atoms with Crippen LogP contribution in [0.15, 0.2) is 206 Å². The van der Waals surface area contributed by atoms with Gasteiger partial charge < -0.3 is 24.2 Å². The largest absolute Gasteiger partial charge is 0.458 e. The summed E-state index contributed by atoms with van der Waals surface area (Å²) in [6.45, 7) is 8.87. The summed E-state index contributed by atoms with van der Waals surface area (Å²) in [4.78, 5) is 7.11. The van der Waals surface area contributed by atoms with Gasteiger partial charge in [-0.3, -0.25) is 0 Å². The number of para-hydroxylation sites is 4. The monoisotopic (exact) mass is 839 g/mol. The second-order valence-corrected chi connectivity index (χ2v) is 17.9. The highest BCUT2D eigenvalue weighted by molar-refractivity contribution is 6.99. The normalized spacial score (nSPS) is 13.5. The van der Waals surface area contributed by atoms with Crippen LogP contribution in [-0.4, -0.2) is 6.71 Å². The average Bonchev–Trinajstić information content (AvgIpc) is 3.34. The molecule has 0 bridgehead atoms. The quantitative estimate of drug-likeness (QED) is 0.149. The molecule has 0 fully saturated rings. The van der Waals surface area contributed by atoms with Crippen LogP contribution in [0.25, 0.3) is 0 Å². The lowest BCUT2D eigenvalue weighted by Crippen LogP contribution is -2.59. The molecular weight excluding hydrogens is 793 g/mol. The standard InChI is InChI=1S/C59H46BN3O2/c1-39-27-28-44(35-40(39)2)62(45-31-34-55-49(36-45)59(3,4)48-23-14-15-25-54(48)64-55)47-30-33-51-57(38-47)65-56-26-16-24-52-58(56)60(51)50-32-29-46(37-53(50)63(52)43-21-12-7-13-22-43)61(41-17-8-5-9-18-41)42-19-10-6-11-20-42/h5-38H,1-4H3. The van der Waals surface area contributed by atoms with Crippen LogP contribution < -0.4 is 40.6 Å². The summed E-state index contributed by atoms with van der Waals surface area (Å²) >= 11 is 0. The fourth-order valence-corrected chi connectivity index (χ4v) is 10.3. The lowest BCUT2D eigenvalue weighted by molar-refractivity contribution is 0.418. The third-order valence-electron chi connectivity index (χ3n) is 13.6. The third kappa shape index (κ3) is 6.31. The van der Waals surface area contributed by atoms with Crippen LogP contribution in [0.1, 0.15) is 36.1 Å². The highest BCUT2D eigenvalue weighted by atomic mass is 16.5. The zero-order valence-corrected chi connectivity index (χ0v) is 36.9. The Balaban J connectivity index is 1.02. The first-order valence-corrected chi connectivity index (χ1v) is 22.5. The van der Waals surface area contributed by atoms with Crippen molar-refractivity contribution in [2.75, 3.05) is 14.7 Å². The predicted octanol–water partition coefficient (Wildman–Crippen LogP) is 14.1. The van der Waals surface area contributed by atoms with Crippen molar-refractivity contribution in [2.45, 2.75) is 33.1 Å². The van der Waals surface area contributed by atoms with E-state index < -0.39 is 0 Å². The third-order valence-corrected chi connectivity index (χ3v) is 13.6. The number of benzene rings is 9. The summed E-state index contributed by atoms with van der Waals surface area (Å²) in [7, 11) is 0. The summed E-state index contributed by atoms with van der Waals surface area (Å²) in [6.07, 6.45) is 0. The van der Waals surface area contributed by atoms with E-state index >= 15 is 0 Å².